The summed E-state index contributed by atoms with van der Waals surface area (Å²) in [7, 11) is 0. The summed E-state index contributed by atoms with van der Waals surface area (Å²) in [6.45, 7) is 6.15. The molecule has 0 aliphatic carbocycles. The molecule has 2 rings (SSSR count). The Morgan fingerprint density at radius 2 is 1.78 bits per heavy atom. The van der Waals surface area contributed by atoms with Gasteiger partial charge in [0.15, 0.2) is 0 Å². The van der Waals surface area contributed by atoms with Gasteiger partial charge in [0.1, 0.15) is 0 Å². The average Bonchev–Trinajstić information content (AvgIpc) is 2.72. The molecule has 0 aliphatic rings. The van der Waals surface area contributed by atoms with E-state index < -0.39 is 0 Å². The quantitative estimate of drug-likeness (QED) is 0.831. The van der Waals surface area contributed by atoms with Crippen LogP contribution >= 0.6 is 12.2 Å². The lowest BCUT2D eigenvalue weighted by atomic mass is 10.2. The van der Waals surface area contributed by atoms with Crippen LogP contribution in [0.5, 0.6) is 0 Å². The molecule has 0 aliphatic heterocycles. The molecule has 0 bridgehead atoms. The summed E-state index contributed by atoms with van der Waals surface area (Å²) in [5, 5.41) is 5.09. The Balaban J connectivity index is 2.39. The van der Waals surface area contributed by atoms with E-state index in [0.717, 1.165) is 24.5 Å². The average molecular weight is 264 g/mol. The highest BCUT2D eigenvalue weighted by Crippen LogP contribution is 2.16. The first kappa shape index (κ1) is 12.6. The van der Waals surface area contributed by atoms with Crippen LogP contribution in [-0.4, -0.2) is 27.9 Å². The first-order chi connectivity index (χ1) is 8.67. The van der Waals surface area contributed by atoms with Gasteiger partial charge in [0.05, 0.1) is 5.69 Å². The second kappa shape index (κ2) is 5.22. The van der Waals surface area contributed by atoms with Gasteiger partial charge in [0.2, 0.25) is 4.77 Å². The molecule has 0 spiro atoms. The van der Waals surface area contributed by atoms with Crippen molar-refractivity contribution in [1.82, 2.24) is 14.8 Å². The Labute approximate surface area is 110 Å². The fourth-order valence-corrected chi connectivity index (χ4v) is 2.19. The normalized spacial score (nSPS) is 10.6. The van der Waals surface area contributed by atoms with Gasteiger partial charge < -0.3 is 4.90 Å². The van der Waals surface area contributed by atoms with Crippen molar-refractivity contribution in [3.8, 4) is 5.69 Å². The van der Waals surface area contributed by atoms with Gasteiger partial charge in [-0.2, -0.15) is 0 Å². The monoisotopic (exact) mass is 264 g/mol. The van der Waals surface area contributed by atoms with Gasteiger partial charge in [-0.1, -0.05) is 0 Å². The zero-order valence-corrected chi connectivity index (χ0v) is 11.3. The lowest BCUT2D eigenvalue weighted by Gasteiger charge is -2.21. The highest BCUT2D eigenvalue weighted by molar-refractivity contribution is 7.71. The van der Waals surface area contributed by atoms with Crippen LogP contribution < -0.4 is 10.6 Å². The van der Waals surface area contributed by atoms with Crippen LogP contribution in [0.3, 0.4) is 0 Å². The van der Waals surface area contributed by atoms with Crippen molar-refractivity contribution in [3.05, 3.63) is 39.5 Å². The maximum absolute atomic E-state index is 11.6. The molecule has 0 saturated carbocycles. The van der Waals surface area contributed by atoms with Gasteiger partial charge in [-0.3, -0.25) is 5.10 Å². The molecule has 1 aromatic carbocycles. The minimum Gasteiger partial charge on any atom is -0.372 e. The van der Waals surface area contributed by atoms with Crippen LogP contribution in [0.2, 0.25) is 0 Å². The minimum absolute atomic E-state index is 0.254. The summed E-state index contributed by atoms with van der Waals surface area (Å²) in [4.78, 5) is 13.8. The van der Waals surface area contributed by atoms with E-state index in [9.17, 15) is 4.79 Å². The van der Waals surface area contributed by atoms with E-state index in [2.05, 4.69) is 28.9 Å². The fourth-order valence-electron chi connectivity index (χ4n) is 1.95. The number of nitrogens with one attached hydrogen (secondary N) is 2. The molecule has 2 N–H and O–H groups in total. The van der Waals surface area contributed by atoms with Gasteiger partial charge in [0.25, 0.3) is 0 Å². The Hall–Kier alpha value is -1.82. The minimum atomic E-state index is -0.254. The van der Waals surface area contributed by atoms with E-state index in [-0.39, 0.29) is 5.69 Å². The standard InChI is InChI=1S/C12H16N4OS/c1-3-15(4-2)9-5-7-10(8-6-9)16-11(17)13-14-12(16)18/h5-8H,3-4H2,1-2H3,(H,13,17)(H,14,18). The molecule has 0 amide bonds. The SMILES string of the molecule is CCN(CC)c1ccc(-n2c(=O)[nH][nH]c2=S)cc1. The molecule has 2 aromatic rings. The summed E-state index contributed by atoms with van der Waals surface area (Å²) in [6, 6.07) is 7.78. The van der Waals surface area contributed by atoms with Crippen LogP contribution in [0.25, 0.3) is 5.69 Å². The highest BCUT2D eigenvalue weighted by Gasteiger charge is 2.05. The van der Waals surface area contributed by atoms with Crippen molar-refractivity contribution in [1.29, 1.82) is 0 Å². The molecule has 5 nitrogen and oxygen atoms in total. The summed E-state index contributed by atoms with van der Waals surface area (Å²) < 4.78 is 1.80. The van der Waals surface area contributed by atoms with Gasteiger partial charge in [-0.05, 0) is 50.3 Å². The Morgan fingerprint density at radius 3 is 2.22 bits per heavy atom. The zero-order chi connectivity index (χ0) is 13.1. The van der Waals surface area contributed by atoms with Crippen LogP contribution in [0, 0.1) is 4.77 Å². The lowest BCUT2D eigenvalue weighted by molar-refractivity contribution is 0.865. The molecular formula is C12H16N4OS. The number of anilines is 1. The van der Waals surface area contributed by atoms with Crippen molar-refractivity contribution >= 4 is 17.9 Å². The largest absolute Gasteiger partial charge is 0.372 e. The maximum Gasteiger partial charge on any atom is 0.347 e. The molecule has 0 unspecified atom stereocenters. The van der Waals surface area contributed by atoms with Crippen molar-refractivity contribution < 1.29 is 0 Å². The zero-order valence-electron chi connectivity index (χ0n) is 10.4. The molecule has 0 saturated heterocycles. The van der Waals surface area contributed by atoms with E-state index in [1.165, 1.54) is 4.57 Å². The molecule has 6 heteroatoms. The number of rotatable bonds is 4. The third-order valence-electron chi connectivity index (χ3n) is 2.92. The van der Waals surface area contributed by atoms with Gasteiger partial charge in [-0.25, -0.2) is 14.5 Å². The van der Waals surface area contributed by atoms with Crippen molar-refractivity contribution in [2.75, 3.05) is 18.0 Å². The van der Waals surface area contributed by atoms with E-state index in [1.54, 1.807) is 0 Å². The van der Waals surface area contributed by atoms with E-state index in [4.69, 9.17) is 12.2 Å². The van der Waals surface area contributed by atoms with Crippen molar-refractivity contribution in [2.45, 2.75) is 13.8 Å². The smallest absolute Gasteiger partial charge is 0.347 e. The number of aromatic amines is 2. The highest BCUT2D eigenvalue weighted by atomic mass is 32.1. The van der Waals surface area contributed by atoms with Gasteiger partial charge in [0, 0.05) is 18.8 Å². The first-order valence-corrected chi connectivity index (χ1v) is 6.33. The lowest BCUT2D eigenvalue weighted by Crippen LogP contribution is -2.21. The van der Waals surface area contributed by atoms with Crippen LogP contribution in [0.4, 0.5) is 5.69 Å². The van der Waals surface area contributed by atoms with Gasteiger partial charge >= 0.3 is 5.69 Å². The van der Waals surface area contributed by atoms with Crippen LogP contribution in [0.1, 0.15) is 13.8 Å². The van der Waals surface area contributed by atoms with Crippen LogP contribution in [0.15, 0.2) is 29.1 Å². The third-order valence-corrected chi connectivity index (χ3v) is 3.20. The van der Waals surface area contributed by atoms with E-state index in [1.807, 2.05) is 24.3 Å². The van der Waals surface area contributed by atoms with Gasteiger partial charge in [-0.15, -0.1) is 0 Å². The number of H-pyrrole nitrogens is 2. The Kier molecular flexibility index (Phi) is 3.66. The molecule has 0 fully saturated rings. The van der Waals surface area contributed by atoms with Crippen molar-refractivity contribution in [3.63, 3.8) is 0 Å². The molecule has 0 radical (unpaired) electrons. The molecule has 1 heterocycles. The fraction of sp³-hybridized carbons (Fsp3) is 0.333. The second-order valence-corrected chi connectivity index (χ2v) is 4.27. The molecular weight excluding hydrogens is 248 g/mol. The number of hydrogen-bond acceptors (Lipinski definition) is 3. The third kappa shape index (κ3) is 2.24. The number of aromatic nitrogens is 3. The number of hydrogen-bond donors (Lipinski definition) is 2. The van der Waals surface area contributed by atoms with E-state index >= 15 is 0 Å². The maximum atomic E-state index is 11.6. The first-order valence-electron chi connectivity index (χ1n) is 5.92. The Morgan fingerprint density at radius 1 is 1.17 bits per heavy atom. The predicted octanol–water partition coefficient (Wildman–Crippen LogP) is 2.07. The number of benzene rings is 1. The second-order valence-electron chi connectivity index (χ2n) is 3.88. The van der Waals surface area contributed by atoms with E-state index in [0.29, 0.717) is 4.77 Å². The molecule has 96 valence electrons. The molecule has 0 atom stereocenters. The summed E-state index contributed by atoms with van der Waals surface area (Å²) in [5.41, 5.74) is 1.65. The Bertz CT molecular complexity index is 591. The summed E-state index contributed by atoms with van der Waals surface area (Å²) in [5.74, 6) is 0. The summed E-state index contributed by atoms with van der Waals surface area (Å²) >= 11 is 5.05. The predicted molar refractivity (Wildman–Crippen MR) is 75.1 cm³/mol. The topological polar surface area (TPSA) is 56.8 Å². The van der Waals surface area contributed by atoms with Crippen molar-refractivity contribution in [2.24, 2.45) is 0 Å². The van der Waals surface area contributed by atoms with Crippen LogP contribution in [-0.2, 0) is 0 Å². The number of nitrogens with zero attached hydrogens (tertiary/aromatic N) is 2. The summed E-state index contributed by atoms with van der Waals surface area (Å²) in [6.07, 6.45) is 0. The molecule has 1 aromatic heterocycles. The molecule has 18 heavy (non-hydrogen) atoms.